The molecule has 1 heterocycles. The Morgan fingerprint density at radius 2 is 1.64 bits per heavy atom. The van der Waals surface area contributed by atoms with Gasteiger partial charge in [-0.2, -0.15) is 0 Å². The zero-order chi connectivity index (χ0) is 10.6. The van der Waals surface area contributed by atoms with Crippen molar-refractivity contribution in [2.24, 2.45) is 5.41 Å². The smallest absolute Gasteiger partial charge is 0.0845 e. The van der Waals surface area contributed by atoms with Gasteiger partial charge in [0.2, 0.25) is 0 Å². The molecule has 2 heteroatoms. The van der Waals surface area contributed by atoms with Gasteiger partial charge >= 0.3 is 0 Å². The van der Waals surface area contributed by atoms with Gasteiger partial charge in [0.15, 0.2) is 0 Å². The van der Waals surface area contributed by atoms with E-state index < -0.39 is 0 Å². The number of allylic oxidation sites excluding steroid dienone is 1. The maximum absolute atomic E-state index is 4.13. The Kier molecular flexibility index (Phi) is 3.39. The molecular formula is C12H18N2. The van der Waals surface area contributed by atoms with E-state index in [1.807, 2.05) is 6.08 Å². The minimum absolute atomic E-state index is 0.500. The maximum Gasteiger partial charge on any atom is 0.0845 e. The van der Waals surface area contributed by atoms with E-state index in [9.17, 15) is 0 Å². The van der Waals surface area contributed by atoms with E-state index in [1.165, 1.54) is 0 Å². The third-order valence-electron chi connectivity index (χ3n) is 1.39. The molecule has 0 spiro atoms. The molecule has 0 aliphatic heterocycles. The first-order valence-electron chi connectivity index (χ1n) is 4.93. The van der Waals surface area contributed by atoms with E-state index in [0.29, 0.717) is 5.41 Å². The van der Waals surface area contributed by atoms with Gasteiger partial charge in [-0.15, -0.1) is 0 Å². The lowest BCUT2D eigenvalue weighted by molar-refractivity contribution is 0.469. The van der Waals surface area contributed by atoms with Crippen LogP contribution in [0.1, 0.15) is 39.1 Å². The van der Waals surface area contributed by atoms with Crippen LogP contribution in [0, 0.1) is 5.41 Å². The highest BCUT2D eigenvalue weighted by Gasteiger charge is 2.03. The van der Waals surface area contributed by atoms with Crippen molar-refractivity contribution in [1.29, 1.82) is 0 Å². The van der Waals surface area contributed by atoms with Crippen molar-refractivity contribution in [3.63, 3.8) is 0 Å². The second-order valence-corrected chi connectivity index (χ2v) is 4.99. The van der Waals surface area contributed by atoms with Crippen LogP contribution in [-0.4, -0.2) is 9.97 Å². The van der Waals surface area contributed by atoms with Gasteiger partial charge in [-0.1, -0.05) is 33.8 Å². The molecule has 1 aliphatic rings. The summed E-state index contributed by atoms with van der Waals surface area (Å²) in [6.07, 6.45) is 8.47. The molecule has 0 N–H and O–H groups in total. The zero-order valence-corrected chi connectivity index (χ0v) is 9.41. The predicted molar refractivity (Wildman–Crippen MR) is 59.9 cm³/mol. The van der Waals surface area contributed by atoms with Crippen molar-refractivity contribution < 1.29 is 0 Å². The van der Waals surface area contributed by atoms with Crippen LogP contribution in [0.4, 0.5) is 0 Å². The first kappa shape index (κ1) is 10.9. The Hall–Kier alpha value is -1.18. The number of fused-ring (bicyclic) bond motifs is 1. The number of rotatable bonds is 0. The van der Waals surface area contributed by atoms with Gasteiger partial charge in [0, 0.05) is 18.8 Å². The second kappa shape index (κ2) is 4.36. The van der Waals surface area contributed by atoms with Gasteiger partial charge in [0.1, 0.15) is 0 Å². The molecule has 1 aromatic heterocycles. The third-order valence-corrected chi connectivity index (χ3v) is 1.39. The van der Waals surface area contributed by atoms with Crippen molar-refractivity contribution in [2.45, 2.75) is 34.1 Å². The lowest BCUT2D eigenvalue weighted by Gasteiger charge is -2.05. The number of aromatic nitrogens is 2. The highest BCUT2D eigenvalue weighted by atomic mass is 14.8. The Labute approximate surface area is 86.1 Å². The van der Waals surface area contributed by atoms with E-state index in [0.717, 1.165) is 17.8 Å². The summed E-state index contributed by atoms with van der Waals surface area (Å²) in [6.45, 7) is 8.75. The normalized spacial score (nSPS) is 13.1. The summed E-state index contributed by atoms with van der Waals surface area (Å²) in [4.78, 5) is 8.24. The molecular weight excluding hydrogens is 172 g/mol. The molecule has 0 saturated heterocycles. The molecule has 0 radical (unpaired) electrons. The fraction of sp³-hybridized carbons (Fsp3) is 0.500. The van der Waals surface area contributed by atoms with Crippen LogP contribution in [0.25, 0.3) is 6.08 Å². The Bertz CT molecular complexity index is 315. The molecule has 2 rings (SSSR count). The van der Waals surface area contributed by atoms with E-state index in [4.69, 9.17) is 0 Å². The molecule has 0 fully saturated rings. The van der Waals surface area contributed by atoms with Crippen LogP contribution < -0.4 is 0 Å². The fourth-order valence-corrected chi connectivity index (χ4v) is 0.956. The van der Waals surface area contributed by atoms with Gasteiger partial charge in [-0.3, -0.25) is 9.97 Å². The van der Waals surface area contributed by atoms with E-state index in [2.05, 4.69) is 43.7 Å². The minimum atomic E-state index is 0.500. The fourth-order valence-electron chi connectivity index (χ4n) is 0.956. The molecule has 76 valence electrons. The first-order chi connectivity index (χ1) is 6.47. The second-order valence-electron chi connectivity index (χ2n) is 4.99. The minimum Gasteiger partial charge on any atom is -0.257 e. The predicted octanol–water partition coefficient (Wildman–Crippen LogP) is 3.10. The van der Waals surface area contributed by atoms with Crippen LogP contribution in [0.5, 0.6) is 0 Å². The summed E-state index contributed by atoms with van der Waals surface area (Å²) in [7, 11) is 0. The molecule has 0 amide bonds. The first-order valence-corrected chi connectivity index (χ1v) is 4.93. The van der Waals surface area contributed by atoms with Crippen LogP contribution in [-0.2, 0) is 6.42 Å². The molecule has 14 heavy (non-hydrogen) atoms. The Morgan fingerprint density at radius 3 is 2.21 bits per heavy atom. The summed E-state index contributed by atoms with van der Waals surface area (Å²) in [6, 6.07) is 0. The Balaban J connectivity index is 0.000000171. The van der Waals surface area contributed by atoms with Crippen molar-refractivity contribution in [1.82, 2.24) is 9.97 Å². The third kappa shape index (κ3) is 4.17. The van der Waals surface area contributed by atoms with Crippen molar-refractivity contribution >= 4 is 6.08 Å². The highest BCUT2D eigenvalue weighted by molar-refractivity contribution is 5.52. The van der Waals surface area contributed by atoms with Crippen LogP contribution in [0.15, 0.2) is 18.5 Å². The average Bonchev–Trinajstić information content (AvgIpc) is 2.47. The summed E-state index contributed by atoms with van der Waals surface area (Å²) >= 11 is 0. The summed E-state index contributed by atoms with van der Waals surface area (Å²) in [5.74, 6) is 0. The van der Waals surface area contributed by atoms with Gasteiger partial charge in [-0.05, 0) is 11.5 Å². The van der Waals surface area contributed by atoms with Gasteiger partial charge in [0.05, 0.1) is 11.4 Å². The van der Waals surface area contributed by atoms with Crippen LogP contribution in [0.2, 0.25) is 0 Å². The van der Waals surface area contributed by atoms with E-state index >= 15 is 0 Å². The van der Waals surface area contributed by atoms with E-state index in [1.54, 1.807) is 12.4 Å². The monoisotopic (exact) mass is 190 g/mol. The zero-order valence-electron chi connectivity index (χ0n) is 9.41. The van der Waals surface area contributed by atoms with Crippen molar-refractivity contribution in [3.05, 3.63) is 29.9 Å². The maximum atomic E-state index is 4.13. The van der Waals surface area contributed by atoms with Gasteiger partial charge in [-0.25, -0.2) is 0 Å². The summed E-state index contributed by atoms with van der Waals surface area (Å²) < 4.78 is 0. The topological polar surface area (TPSA) is 25.8 Å². The molecule has 0 saturated carbocycles. The van der Waals surface area contributed by atoms with Gasteiger partial charge < -0.3 is 0 Å². The molecule has 0 aromatic carbocycles. The molecule has 1 aromatic rings. The largest absolute Gasteiger partial charge is 0.257 e. The quantitative estimate of drug-likeness (QED) is 0.628. The van der Waals surface area contributed by atoms with Crippen molar-refractivity contribution in [2.75, 3.05) is 0 Å². The van der Waals surface area contributed by atoms with E-state index in [-0.39, 0.29) is 0 Å². The average molecular weight is 190 g/mol. The number of hydrogen-bond donors (Lipinski definition) is 0. The molecule has 2 nitrogen and oxygen atoms in total. The van der Waals surface area contributed by atoms with Crippen LogP contribution in [0.3, 0.4) is 0 Å². The van der Waals surface area contributed by atoms with Gasteiger partial charge in [0.25, 0.3) is 0 Å². The standard InChI is InChI=1S/C7H6N2.C5H12/c1-2-6-7(3-1)9-5-4-8-6;1-5(2,3)4/h1-2,4-5H,3H2;1-4H3. The Morgan fingerprint density at radius 1 is 1.07 bits per heavy atom. The van der Waals surface area contributed by atoms with Crippen molar-refractivity contribution in [3.8, 4) is 0 Å². The molecule has 0 atom stereocenters. The van der Waals surface area contributed by atoms with Crippen LogP contribution >= 0.6 is 0 Å². The summed E-state index contributed by atoms with van der Waals surface area (Å²) in [5, 5.41) is 0. The highest BCUT2D eigenvalue weighted by Crippen LogP contribution is 2.11. The molecule has 1 aliphatic carbocycles. The SMILES string of the molecule is C1=Cc2nccnc2C1.CC(C)(C)C. The lowest BCUT2D eigenvalue weighted by Crippen LogP contribution is -1.93. The molecule has 0 bridgehead atoms. The summed E-state index contributed by atoms with van der Waals surface area (Å²) in [5.41, 5.74) is 2.62. The lowest BCUT2D eigenvalue weighted by atomic mass is 10.0. The number of hydrogen-bond acceptors (Lipinski definition) is 2. The molecule has 0 unspecified atom stereocenters. The number of nitrogens with zero attached hydrogens (tertiary/aromatic N) is 2.